The van der Waals surface area contributed by atoms with Crippen molar-refractivity contribution >= 4 is 5.69 Å². The van der Waals surface area contributed by atoms with Crippen LogP contribution in [0.15, 0.2) is 59.1 Å². The summed E-state index contributed by atoms with van der Waals surface area (Å²) >= 11 is 0. The van der Waals surface area contributed by atoms with Crippen molar-refractivity contribution in [3.05, 3.63) is 66.2 Å². The maximum absolute atomic E-state index is 12.7. The van der Waals surface area contributed by atoms with E-state index in [-0.39, 0.29) is 5.89 Å². The summed E-state index contributed by atoms with van der Waals surface area (Å²) in [4.78, 5) is 5.15. The van der Waals surface area contributed by atoms with E-state index in [1.54, 1.807) is 16.8 Å². The molecule has 2 atom stereocenters. The van der Waals surface area contributed by atoms with E-state index in [1.807, 2.05) is 18.3 Å². The fourth-order valence-corrected chi connectivity index (χ4v) is 5.38. The Balaban J connectivity index is 1.13. The van der Waals surface area contributed by atoms with Gasteiger partial charge in [-0.1, -0.05) is 29.5 Å². The smallest absolute Gasteiger partial charge is 0.314 e. The molecule has 2 aromatic heterocycles. The molecule has 0 aliphatic carbocycles. The third-order valence-electron chi connectivity index (χ3n) is 7.13. The summed E-state index contributed by atoms with van der Waals surface area (Å²) in [6.07, 6.45) is 0.391. The van der Waals surface area contributed by atoms with E-state index in [1.165, 1.54) is 12.1 Å². The lowest BCUT2D eigenvalue weighted by molar-refractivity contribution is 0.116. The number of nitrogens with zero attached hydrogens (tertiary/aromatic N) is 7. The summed E-state index contributed by atoms with van der Waals surface area (Å²) in [5.74, 6) is -0.606. The van der Waals surface area contributed by atoms with Crippen LogP contribution in [0.1, 0.15) is 38.1 Å². The van der Waals surface area contributed by atoms with Gasteiger partial charge in [-0.25, -0.2) is 4.68 Å². The van der Waals surface area contributed by atoms with Crippen molar-refractivity contribution in [3.8, 4) is 22.7 Å². The number of anilines is 1. The van der Waals surface area contributed by atoms with Crippen molar-refractivity contribution in [2.24, 2.45) is 0 Å². The van der Waals surface area contributed by atoms with Gasteiger partial charge in [-0.3, -0.25) is 4.90 Å². The molecule has 10 heteroatoms. The molecule has 0 N–H and O–H groups in total. The third kappa shape index (κ3) is 4.26. The lowest BCUT2D eigenvalue weighted by Gasteiger charge is -2.37. The van der Waals surface area contributed by atoms with Crippen LogP contribution in [-0.2, 0) is 6.54 Å². The maximum Gasteiger partial charge on any atom is 0.314 e. The van der Waals surface area contributed by atoms with E-state index in [4.69, 9.17) is 4.42 Å². The number of rotatable bonds is 7. The van der Waals surface area contributed by atoms with Crippen LogP contribution in [0, 0.1) is 0 Å². The van der Waals surface area contributed by atoms with Gasteiger partial charge in [0.05, 0.1) is 12.7 Å². The topological polar surface area (TPSA) is 76.1 Å². The highest BCUT2D eigenvalue weighted by Crippen LogP contribution is 2.36. The highest BCUT2D eigenvalue weighted by molar-refractivity contribution is 5.66. The average molecular weight is 492 g/mol. The fourth-order valence-electron chi connectivity index (χ4n) is 5.38. The molecule has 4 aromatic rings. The van der Waals surface area contributed by atoms with Crippen molar-refractivity contribution in [3.63, 3.8) is 0 Å². The summed E-state index contributed by atoms with van der Waals surface area (Å²) in [7, 11) is 0. The van der Waals surface area contributed by atoms with E-state index in [9.17, 15) is 8.78 Å². The number of aromatic nitrogens is 5. The molecule has 0 spiro atoms. The minimum Gasteiger partial charge on any atom is -0.415 e. The van der Waals surface area contributed by atoms with Crippen LogP contribution >= 0.6 is 0 Å². The molecular formula is C26H27F2N7O. The summed E-state index contributed by atoms with van der Waals surface area (Å²) in [5, 5.41) is 15.8. The number of hydrogen-bond donors (Lipinski definition) is 0. The molecule has 0 amide bonds. The largest absolute Gasteiger partial charge is 0.415 e. The van der Waals surface area contributed by atoms with Crippen LogP contribution in [0.5, 0.6) is 0 Å². The van der Waals surface area contributed by atoms with Gasteiger partial charge in [0.2, 0.25) is 5.89 Å². The van der Waals surface area contributed by atoms with Gasteiger partial charge >= 0.3 is 6.43 Å². The molecule has 0 radical (unpaired) electrons. The monoisotopic (exact) mass is 491 g/mol. The van der Waals surface area contributed by atoms with Gasteiger partial charge < -0.3 is 9.32 Å². The molecule has 186 valence electrons. The molecule has 36 heavy (non-hydrogen) atoms. The second-order valence-electron chi connectivity index (χ2n) is 9.78. The number of hydrogen-bond acceptors (Lipinski definition) is 7. The molecule has 8 nitrogen and oxygen atoms in total. The van der Waals surface area contributed by atoms with E-state index in [0.29, 0.717) is 30.2 Å². The number of piperazine rings is 1. The van der Waals surface area contributed by atoms with Crippen LogP contribution in [0.25, 0.3) is 22.7 Å². The van der Waals surface area contributed by atoms with Crippen LogP contribution in [0.3, 0.4) is 0 Å². The Hall–Kier alpha value is -3.66. The summed E-state index contributed by atoms with van der Waals surface area (Å²) in [6, 6.07) is 17.6. The zero-order valence-corrected chi connectivity index (χ0v) is 20.1. The van der Waals surface area contributed by atoms with Gasteiger partial charge in [0.25, 0.3) is 5.89 Å². The molecule has 4 heterocycles. The predicted molar refractivity (Wildman–Crippen MR) is 131 cm³/mol. The molecule has 2 fully saturated rings. The van der Waals surface area contributed by atoms with E-state index < -0.39 is 12.3 Å². The molecule has 2 aromatic carbocycles. The van der Waals surface area contributed by atoms with Crippen LogP contribution in [0.4, 0.5) is 14.5 Å². The Morgan fingerprint density at radius 1 is 0.972 bits per heavy atom. The minimum atomic E-state index is -2.78. The van der Waals surface area contributed by atoms with E-state index >= 15 is 0 Å². The first-order valence-electron chi connectivity index (χ1n) is 12.2. The van der Waals surface area contributed by atoms with Crippen molar-refractivity contribution in [2.75, 3.05) is 18.0 Å². The Labute approximate surface area is 207 Å². The van der Waals surface area contributed by atoms with Gasteiger partial charge in [0.1, 0.15) is 5.69 Å². The summed E-state index contributed by atoms with van der Waals surface area (Å²) in [5.41, 5.74) is 4.68. The van der Waals surface area contributed by atoms with E-state index in [0.717, 1.165) is 29.9 Å². The van der Waals surface area contributed by atoms with Crippen molar-refractivity contribution in [1.29, 1.82) is 0 Å². The van der Waals surface area contributed by atoms with Crippen molar-refractivity contribution < 1.29 is 13.2 Å². The molecule has 6 rings (SSSR count). The maximum atomic E-state index is 12.7. The predicted octanol–water partition coefficient (Wildman–Crippen LogP) is 4.65. The second-order valence-corrected chi connectivity index (χ2v) is 9.78. The molecule has 2 bridgehead atoms. The lowest BCUT2D eigenvalue weighted by Crippen LogP contribution is -2.48. The quantitative estimate of drug-likeness (QED) is 0.372. The number of likely N-dealkylation sites (tertiary alicyclic amines) is 1. The highest BCUT2D eigenvalue weighted by atomic mass is 19.3. The standard InChI is InChI=1S/C26H27F2N7O/c1-16(2)34-13-22-11-21(34)14-35(22)20-5-3-4-19(10-20)23-15-33(32-29-23)12-17-6-8-18(9-7-17)25-30-31-26(36-25)24(27)28/h3-10,15-16,21-22,24H,11-14H2,1-2H3/t21-,22-/m0/s1. The highest BCUT2D eigenvalue weighted by Gasteiger charge is 2.44. The zero-order valence-electron chi connectivity index (χ0n) is 20.1. The molecule has 0 saturated carbocycles. The van der Waals surface area contributed by atoms with Gasteiger partial charge in [-0.2, -0.15) is 8.78 Å². The molecule has 2 aliphatic rings. The number of alkyl halides is 2. The van der Waals surface area contributed by atoms with Crippen LogP contribution in [0.2, 0.25) is 0 Å². The normalized spacial score (nSPS) is 19.8. The molecule has 2 aliphatic heterocycles. The number of benzene rings is 2. The van der Waals surface area contributed by atoms with Crippen molar-refractivity contribution in [1.82, 2.24) is 30.1 Å². The SMILES string of the molecule is CC(C)N1C[C@@H]2C[C@H]1CN2c1cccc(-c2cn(Cc3ccc(-c4nnc(C(F)F)o4)cc3)nn2)c1. The fraction of sp³-hybridized carbons (Fsp3) is 0.385. The number of halogens is 2. The first-order valence-corrected chi connectivity index (χ1v) is 12.2. The minimum absolute atomic E-state index is 0.0721. The van der Waals surface area contributed by atoms with Crippen LogP contribution in [-0.4, -0.2) is 61.3 Å². The Bertz CT molecular complexity index is 1350. The van der Waals surface area contributed by atoms with Crippen molar-refractivity contribution in [2.45, 2.75) is 51.4 Å². The summed E-state index contributed by atoms with van der Waals surface area (Å²) < 4.78 is 32.2. The van der Waals surface area contributed by atoms with Gasteiger partial charge in [0.15, 0.2) is 0 Å². The first-order chi connectivity index (χ1) is 17.4. The Kier molecular flexibility index (Phi) is 5.75. The Morgan fingerprint density at radius 3 is 2.50 bits per heavy atom. The van der Waals surface area contributed by atoms with E-state index in [2.05, 4.69) is 68.4 Å². The van der Waals surface area contributed by atoms with Gasteiger partial charge in [-0.05, 0) is 50.1 Å². The average Bonchev–Trinajstić information content (AvgIpc) is 3.68. The van der Waals surface area contributed by atoms with Crippen LogP contribution < -0.4 is 4.90 Å². The lowest BCUT2D eigenvalue weighted by atomic mass is 10.1. The first kappa shape index (κ1) is 22.8. The molecule has 2 saturated heterocycles. The Morgan fingerprint density at radius 2 is 1.81 bits per heavy atom. The molecular weight excluding hydrogens is 464 g/mol. The number of fused-ring (bicyclic) bond motifs is 2. The van der Waals surface area contributed by atoms with Gasteiger partial charge in [0, 0.05) is 48.0 Å². The summed E-state index contributed by atoms with van der Waals surface area (Å²) in [6.45, 7) is 7.29. The van der Waals surface area contributed by atoms with Gasteiger partial charge in [-0.15, -0.1) is 15.3 Å². The molecule has 0 unspecified atom stereocenters. The second kappa shape index (κ2) is 9.09. The third-order valence-corrected chi connectivity index (χ3v) is 7.13. The zero-order chi connectivity index (χ0) is 24.8.